The van der Waals surface area contributed by atoms with Crippen molar-refractivity contribution in [1.29, 1.82) is 0 Å². The van der Waals surface area contributed by atoms with Gasteiger partial charge in [-0.15, -0.1) is 11.8 Å². The molecule has 1 N–H and O–H groups in total. The summed E-state index contributed by atoms with van der Waals surface area (Å²) in [5.74, 6) is -0.529. The fourth-order valence-electron chi connectivity index (χ4n) is 2.11. The fraction of sp³-hybridized carbons (Fsp3) is 0.263. The summed E-state index contributed by atoms with van der Waals surface area (Å²) in [6.07, 6.45) is 0. The van der Waals surface area contributed by atoms with E-state index in [1.54, 1.807) is 18.2 Å². The first-order valence-electron chi connectivity index (χ1n) is 7.64. The standard InChI is InChI=1S/C19H21NO3S/c1-12-5-9-16(10-6-12)24-14(3)18(21)20-17-11-15(19(22)23-4)8-7-13(17)2/h5-11,14H,1-4H3,(H,20,21). The van der Waals surface area contributed by atoms with E-state index in [4.69, 9.17) is 4.74 Å². The molecule has 0 aliphatic rings. The van der Waals surface area contributed by atoms with Gasteiger partial charge < -0.3 is 10.1 Å². The first kappa shape index (κ1) is 18.1. The van der Waals surface area contributed by atoms with Gasteiger partial charge in [-0.2, -0.15) is 0 Å². The van der Waals surface area contributed by atoms with E-state index in [1.807, 2.05) is 45.0 Å². The van der Waals surface area contributed by atoms with Crippen LogP contribution in [-0.4, -0.2) is 24.2 Å². The molecule has 0 heterocycles. The van der Waals surface area contributed by atoms with E-state index >= 15 is 0 Å². The lowest BCUT2D eigenvalue weighted by molar-refractivity contribution is -0.115. The maximum Gasteiger partial charge on any atom is 0.337 e. The van der Waals surface area contributed by atoms with Gasteiger partial charge in [0.15, 0.2) is 0 Å². The van der Waals surface area contributed by atoms with Crippen LogP contribution in [0.1, 0.15) is 28.4 Å². The Balaban J connectivity index is 2.08. The van der Waals surface area contributed by atoms with Crippen molar-refractivity contribution in [1.82, 2.24) is 0 Å². The van der Waals surface area contributed by atoms with Crippen LogP contribution in [0.2, 0.25) is 0 Å². The first-order valence-corrected chi connectivity index (χ1v) is 8.52. The number of methoxy groups -OCH3 is 1. The summed E-state index contributed by atoms with van der Waals surface area (Å²) in [4.78, 5) is 25.1. The van der Waals surface area contributed by atoms with Gasteiger partial charge in [-0.05, 0) is 50.6 Å². The number of rotatable bonds is 5. The molecule has 0 radical (unpaired) electrons. The summed E-state index contributed by atoms with van der Waals surface area (Å²) in [6.45, 7) is 5.77. The average Bonchev–Trinajstić information content (AvgIpc) is 2.58. The van der Waals surface area contributed by atoms with Gasteiger partial charge >= 0.3 is 5.97 Å². The number of esters is 1. The number of aryl methyl sites for hydroxylation is 2. The summed E-state index contributed by atoms with van der Waals surface area (Å²) in [5, 5.41) is 2.64. The zero-order valence-corrected chi connectivity index (χ0v) is 15.1. The molecule has 2 aromatic carbocycles. The molecule has 0 saturated heterocycles. The van der Waals surface area contributed by atoms with Crippen LogP contribution in [0.4, 0.5) is 5.69 Å². The zero-order chi connectivity index (χ0) is 17.7. The number of amides is 1. The normalized spacial score (nSPS) is 11.7. The number of hydrogen-bond acceptors (Lipinski definition) is 4. The van der Waals surface area contributed by atoms with Gasteiger partial charge in [0.05, 0.1) is 17.9 Å². The van der Waals surface area contributed by atoms with Crippen LogP contribution < -0.4 is 5.32 Å². The van der Waals surface area contributed by atoms with Crippen LogP contribution in [0, 0.1) is 13.8 Å². The molecule has 2 aromatic rings. The highest BCUT2D eigenvalue weighted by Crippen LogP contribution is 2.25. The number of hydrogen-bond donors (Lipinski definition) is 1. The Kier molecular flexibility index (Phi) is 6.04. The minimum atomic E-state index is -0.424. The van der Waals surface area contributed by atoms with E-state index in [9.17, 15) is 9.59 Å². The third-order valence-corrected chi connectivity index (χ3v) is 4.73. The predicted molar refractivity (Wildman–Crippen MR) is 97.6 cm³/mol. The van der Waals surface area contributed by atoms with Crippen LogP contribution in [0.3, 0.4) is 0 Å². The summed E-state index contributed by atoms with van der Waals surface area (Å²) >= 11 is 1.50. The van der Waals surface area contributed by atoms with Crippen molar-refractivity contribution in [2.45, 2.75) is 30.9 Å². The number of carbonyl (C=O) groups excluding carboxylic acids is 2. The van der Waals surface area contributed by atoms with Gasteiger partial charge in [0.2, 0.25) is 5.91 Å². The Bertz CT molecular complexity index is 741. The molecule has 0 spiro atoms. The van der Waals surface area contributed by atoms with Crippen molar-refractivity contribution in [3.63, 3.8) is 0 Å². The maximum atomic E-state index is 12.4. The predicted octanol–water partition coefficient (Wildman–Crippen LogP) is 4.21. The van der Waals surface area contributed by atoms with E-state index in [-0.39, 0.29) is 11.2 Å². The number of thioether (sulfide) groups is 1. The number of anilines is 1. The Morgan fingerprint density at radius 2 is 1.75 bits per heavy atom. The molecule has 126 valence electrons. The van der Waals surface area contributed by atoms with Crippen molar-refractivity contribution in [3.05, 3.63) is 59.2 Å². The molecule has 0 aliphatic carbocycles. The maximum absolute atomic E-state index is 12.4. The summed E-state index contributed by atoms with van der Waals surface area (Å²) in [7, 11) is 1.33. The molecule has 0 aromatic heterocycles. The van der Waals surface area contributed by atoms with Crippen molar-refractivity contribution in [3.8, 4) is 0 Å². The minimum Gasteiger partial charge on any atom is -0.465 e. The summed E-state index contributed by atoms with van der Waals surface area (Å²) in [5.41, 5.74) is 3.12. The second kappa shape index (κ2) is 8.02. The van der Waals surface area contributed by atoms with Crippen LogP contribution in [0.15, 0.2) is 47.4 Å². The Labute approximate surface area is 146 Å². The number of ether oxygens (including phenoxy) is 1. The molecule has 24 heavy (non-hydrogen) atoms. The molecule has 1 atom stereocenters. The average molecular weight is 343 g/mol. The molecule has 0 saturated carbocycles. The van der Waals surface area contributed by atoms with Crippen molar-refractivity contribution in [2.24, 2.45) is 0 Å². The van der Waals surface area contributed by atoms with E-state index in [0.717, 1.165) is 10.5 Å². The zero-order valence-electron chi connectivity index (χ0n) is 14.3. The number of carbonyl (C=O) groups is 2. The quantitative estimate of drug-likeness (QED) is 0.653. The summed E-state index contributed by atoms with van der Waals surface area (Å²) < 4.78 is 4.72. The molecular formula is C19H21NO3S. The van der Waals surface area contributed by atoms with Crippen molar-refractivity contribution >= 4 is 29.3 Å². The molecule has 0 fully saturated rings. The number of benzene rings is 2. The molecule has 0 aliphatic heterocycles. The highest BCUT2D eigenvalue weighted by molar-refractivity contribution is 8.00. The lowest BCUT2D eigenvalue weighted by atomic mass is 10.1. The number of nitrogens with one attached hydrogen (secondary N) is 1. The highest BCUT2D eigenvalue weighted by Gasteiger charge is 2.16. The third kappa shape index (κ3) is 4.61. The van der Waals surface area contributed by atoms with Gasteiger partial charge in [0.1, 0.15) is 0 Å². The largest absolute Gasteiger partial charge is 0.465 e. The van der Waals surface area contributed by atoms with Crippen LogP contribution in [0.25, 0.3) is 0 Å². The monoisotopic (exact) mass is 343 g/mol. The molecule has 4 nitrogen and oxygen atoms in total. The molecule has 0 bridgehead atoms. The topological polar surface area (TPSA) is 55.4 Å². The lowest BCUT2D eigenvalue weighted by Gasteiger charge is -2.14. The lowest BCUT2D eigenvalue weighted by Crippen LogP contribution is -2.23. The highest BCUT2D eigenvalue weighted by atomic mass is 32.2. The van der Waals surface area contributed by atoms with Gasteiger partial charge in [-0.3, -0.25) is 4.79 Å². The van der Waals surface area contributed by atoms with E-state index < -0.39 is 5.97 Å². The SMILES string of the molecule is COC(=O)c1ccc(C)c(NC(=O)C(C)Sc2ccc(C)cc2)c1. The first-order chi connectivity index (χ1) is 11.4. The second-order valence-corrected chi connectivity index (χ2v) is 7.00. The molecule has 1 unspecified atom stereocenters. The van der Waals surface area contributed by atoms with Gasteiger partial charge in [0, 0.05) is 10.6 Å². The summed E-state index contributed by atoms with van der Waals surface area (Å²) in [6, 6.07) is 13.2. The molecule has 1 amide bonds. The fourth-order valence-corrected chi connectivity index (χ4v) is 2.98. The van der Waals surface area contributed by atoms with Crippen LogP contribution in [0.5, 0.6) is 0 Å². The Hall–Kier alpha value is -2.27. The van der Waals surface area contributed by atoms with Crippen molar-refractivity contribution < 1.29 is 14.3 Å². The van der Waals surface area contributed by atoms with Gasteiger partial charge in [0.25, 0.3) is 0 Å². The third-order valence-electron chi connectivity index (χ3n) is 3.62. The Morgan fingerprint density at radius 3 is 2.38 bits per heavy atom. The minimum absolute atomic E-state index is 0.106. The van der Waals surface area contributed by atoms with E-state index in [1.165, 1.54) is 24.4 Å². The molecule has 5 heteroatoms. The van der Waals surface area contributed by atoms with E-state index in [0.29, 0.717) is 11.3 Å². The molecule has 2 rings (SSSR count). The Morgan fingerprint density at radius 1 is 1.08 bits per heavy atom. The van der Waals surface area contributed by atoms with Gasteiger partial charge in [-0.25, -0.2) is 4.79 Å². The van der Waals surface area contributed by atoms with Crippen molar-refractivity contribution in [2.75, 3.05) is 12.4 Å². The smallest absolute Gasteiger partial charge is 0.337 e. The second-order valence-electron chi connectivity index (χ2n) is 5.58. The van der Waals surface area contributed by atoms with Crippen LogP contribution >= 0.6 is 11.8 Å². The molecular weight excluding hydrogens is 322 g/mol. The van der Waals surface area contributed by atoms with Crippen LogP contribution in [-0.2, 0) is 9.53 Å². The van der Waals surface area contributed by atoms with E-state index in [2.05, 4.69) is 5.32 Å². The van der Waals surface area contributed by atoms with Gasteiger partial charge in [-0.1, -0.05) is 23.8 Å².